The molecule has 0 aliphatic carbocycles. The van der Waals surface area contributed by atoms with Crippen LogP contribution in [-0.2, 0) is 13.1 Å². The second-order valence-corrected chi connectivity index (χ2v) is 7.60. The van der Waals surface area contributed by atoms with Gasteiger partial charge in [-0.2, -0.15) is 0 Å². The molecule has 0 spiro atoms. The van der Waals surface area contributed by atoms with Gasteiger partial charge in [-0.1, -0.05) is 6.07 Å². The highest BCUT2D eigenvalue weighted by Crippen LogP contribution is 2.21. The van der Waals surface area contributed by atoms with Gasteiger partial charge in [-0.05, 0) is 48.9 Å². The second-order valence-electron chi connectivity index (χ2n) is 6.57. The molecule has 0 radical (unpaired) electrons. The first-order valence-electron chi connectivity index (χ1n) is 8.53. The molecule has 1 N–H and O–H groups in total. The van der Waals surface area contributed by atoms with Crippen LogP contribution in [0.2, 0.25) is 0 Å². The van der Waals surface area contributed by atoms with Crippen molar-refractivity contribution in [2.45, 2.75) is 25.9 Å². The summed E-state index contributed by atoms with van der Waals surface area (Å²) in [7, 11) is 0. The third-order valence-corrected chi connectivity index (χ3v) is 5.61. The average Bonchev–Trinajstić information content (AvgIpc) is 3.12. The number of nitrogens with one attached hydrogen (secondary N) is 1. The Kier molecular flexibility index (Phi) is 4.50. The van der Waals surface area contributed by atoms with Crippen molar-refractivity contribution in [3.63, 3.8) is 0 Å². The Morgan fingerprint density at radius 1 is 1.28 bits per heavy atom. The number of likely N-dealkylation sites (tertiary alicyclic amines) is 1. The number of fused-ring (bicyclic) bond motifs is 1. The number of nitrogens with zero attached hydrogens (tertiary/aromatic N) is 3. The molecule has 6 nitrogen and oxygen atoms in total. The molecule has 25 heavy (non-hydrogen) atoms. The maximum Gasteiger partial charge on any atom is 0.328 e. The molecule has 1 atom stereocenters. The molecule has 1 aliphatic heterocycles. The Labute approximate surface area is 148 Å². The standard InChI is InChI=1S/C18H20N4O2S/c23-17-16-15(6-1-7-19-16)20-18(24)22(17)11-13-4-2-8-21(10-13)12-14-5-3-9-25-14/h1,3,5-7,9,13H,2,4,8,10-12H2,(H,20,24)/t13-/m1/s1. The van der Waals surface area contributed by atoms with Crippen LogP contribution in [0.3, 0.4) is 0 Å². The van der Waals surface area contributed by atoms with Gasteiger partial charge in [0, 0.05) is 30.7 Å². The smallest absolute Gasteiger partial charge is 0.305 e. The third-order valence-electron chi connectivity index (χ3n) is 4.75. The van der Waals surface area contributed by atoms with Crippen molar-refractivity contribution in [1.82, 2.24) is 19.4 Å². The van der Waals surface area contributed by atoms with Crippen LogP contribution in [0, 0.1) is 5.92 Å². The molecule has 3 aromatic heterocycles. The van der Waals surface area contributed by atoms with Crippen molar-refractivity contribution in [3.05, 3.63) is 61.6 Å². The molecule has 1 fully saturated rings. The number of pyridine rings is 1. The predicted octanol–water partition coefficient (Wildman–Crippen LogP) is 2.06. The zero-order chi connectivity index (χ0) is 17.2. The van der Waals surface area contributed by atoms with Crippen LogP contribution in [0.5, 0.6) is 0 Å². The van der Waals surface area contributed by atoms with E-state index in [1.807, 2.05) is 0 Å². The topological polar surface area (TPSA) is 71.0 Å². The maximum atomic E-state index is 12.6. The van der Waals surface area contributed by atoms with Crippen molar-refractivity contribution in [2.75, 3.05) is 13.1 Å². The van der Waals surface area contributed by atoms with Crippen molar-refractivity contribution in [2.24, 2.45) is 5.92 Å². The Bertz CT molecular complexity index is 977. The Balaban J connectivity index is 1.54. The first-order valence-corrected chi connectivity index (χ1v) is 9.41. The van der Waals surface area contributed by atoms with E-state index < -0.39 is 0 Å². The fourth-order valence-corrected chi connectivity index (χ4v) is 4.32. The van der Waals surface area contributed by atoms with Gasteiger partial charge < -0.3 is 4.98 Å². The van der Waals surface area contributed by atoms with Crippen molar-refractivity contribution in [1.29, 1.82) is 0 Å². The molecule has 3 aromatic rings. The molecule has 0 unspecified atom stereocenters. The van der Waals surface area contributed by atoms with Crippen LogP contribution in [0.4, 0.5) is 0 Å². The van der Waals surface area contributed by atoms with Crippen molar-refractivity contribution >= 4 is 22.4 Å². The molecule has 0 saturated carbocycles. The Hall–Kier alpha value is -2.25. The maximum absolute atomic E-state index is 12.6. The van der Waals surface area contributed by atoms with Gasteiger partial charge in [0.15, 0.2) is 5.52 Å². The molecule has 4 heterocycles. The molecule has 0 aromatic carbocycles. The molecule has 4 rings (SSSR count). The molecule has 1 saturated heterocycles. The fraction of sp³-hybridized carbons (Fsp3) is 0.389. The summed E-state index contributed by atoms with van der Waals surface area (Å²) in [5, 5.41) is 2.10. The van der Waals surface area contributed by atoms with E-state index >= 15 is 0 Å². The zero-order valence-corrected chi connectivity index (χ0v) is 14.7. The Morgan fingerprint density at radius 2 is 2.20 bits per heavy atom. The van der Waals surface area contributed by atoms with Gasteiger partial charge in [0.05, 0.1) is 5.52 Å². The van der Waals surface area contributed by atoms with Crippen LogP contribution in [0.15, 0.2) is 45.4 Å². The normalized spacial score (nSPS) is 18.6. The minimum Gasteiger partial charge on any atom is -0.305 e. The molecule has 7 heteroatoms. The summed E-state index contributed by atoms with van der Waals surface area (Å²) in [6.07, 6.45) is 3.71. The number of piperidine rings is 1. The lowest BCUT2D eigenvalue weighted by atomic mass is 9.98. The summed E-state index contributed by atoms with van der Waals surface area (Å²) >= 11 is 1.77. The van der Waals surface area contributed by atoms with Crippen LogP contribution in [0.25, 0.3) is 11.0 Å². The summed E-state index contributed by atoms with van der Waals surface area (Å²) in [6.45, 7) is 3.36. The number of H-pyrrole nitrogens is 1. The lowest BCUT2D eigenvalue weighted by Crippen LogP contribution is -2.42. The lowest BCUT2D eigenvalue weighted by Gasteiger charge is -2.32. The lowest BCUT2D eigenvalue weighted by molar-refractivity contribution is 0.155. The molecule has 1 aliphatic rings. The predicted molar refractivity (Wildman–Crippen MR) is 98.9 cm³/mol. The first kappa shape index (κ1) is 16.2. The minimum atomic E-state index is -0.346. The van der Waals surface area contributed by atoms with E-state index in [0.717, 1.165) is 32.5 Å². The second kappa shape index (κ2) is 6.93. The van der Waals surface area contributed by atoms with Gasteiger partial charge in [0.1, 0.15) is 0 Å². The van der Waals surface area contributed by atoms with Crippen LogP contribution < -0.4 is 11.2 Å². The molecular weight excluding hydrogens is 336 g/mol. The highest BCUT2D eigenvalue weighted by molar-refractivity contribution is 7.09. The number of aromatic amines is 1. The van der Waals surface area contributed by atoms with Gasteiger partial charge in [0.2, 0.25) is 0 Å². The van der Waals surface area contributed by atoms with E-state index in [9.17, 15) is 9.59 Å². The zero-order valence-electron chi connectivity index (χ0n) is 13.9. The van der Waals surface area contributed by atoms with E-state index in [1.165, 1.54) is 9.44 Å². The highest BCUT2D eigenvalue weighted by Gasteiger charge is 2.22. The van der Waals surface area contributed by atoms with E-state index in [2.05, 4.69) is 32.4 Å². The first-order chi connectivity index (χ1) is 12.2. The minimum absolute atomic E-state index is 0.297. The summed E-state index contributed by atoms with van der Waals surface area (Å²) in [6, 6.07) is 7.64. The highest BCUT2D eigenvalue weighted by atomic mass is 32.1. The largest absolute Gasteiger partial charge is 0.328 e. The number of rotatable bonds is 4. The average molecular weight is 356 g/mol. The van der Waals surface area contributed by atoms with E-state index in [4.69, 9.17) is 0 Å². The quantitative estimate of drug-likeness (QED) is 0.777. The molecule has 130 valence electrons. The molecular formula is C18H20N4O2S. The number of hydrogen-bond acceptors (Lipinski definition) is 5. The van der Waals surface area contributed by atoms with Gasteiger partial charge in [-0.3, -0.25) is 14.3 Å². The molecule has 0 bridgehead atoms. The van der Waals surface area contributed by atoms with E-state index in [0.29, 0.717) is 23.5 Å². The van der Waals surface area contributed by atoms with Crippen LogP contribution >= 0.6 is 11.3 Å². The number of aromatic nitrogens is 3. The van der Waals surface area contributed by atoms with Gasteiger partial charge >= 0.3 is 5.69 Å². The number of hydrogen-bond donors (Lipinski definition) is 1. The SMILES string of the molecule is O=c1[nH]c2cccnc2c(=O)n1C[C@@H]1CCCN(Cc2cccs2)C1. The fourth-order valence-electron chi connectivity index (χ4n) is 3.57. The van der Waals surface area contributed by atoms with Gasteiger partial charge in [-0.25, -0.2) is 9.78 Å². The van der Waals surface area contributed by atoms with Crippen molar-refractivity contribution in [3.8, 4) is 0 Å². The van der Waals surface area contributed by atoms with Gasteiger partial charge in [-0.15, -0.1) is 11.3 Å². The summed E-state index contributed by atoms with van der Waals surface area (Å²) in [4.78, 5) is 35.6. The number of thiophene rings is 1. The summed E-state index contributed by atoms with van der Waals surface area (Å²) in [5.41, 5.74) is 0.181. The van der Waals surface area contributed by atoms with E-state index in [-0.39, 0.29) is 11.2 Å². The van der Waals surface area contributed by atoms with Crippen LogP contribution in [-0.4, -0.2) is 32.5 Å². The van der Waals surface area contributed by atoms with E-state index in [1.54, 1.807) is 29.7 Å². The van der Waals surface area contributed by atoms with Crippen LogP contribution in [0.1, 0.15) is 17.7 Å². The molecule has 0 amide bonds. The summed E-state index contributed by atoms with van der Waals surface area (Å²) in [5.74, 6) is 0.300. The third kappa shape index (κ3) is 3.43. The van der Waals surface area contributed by atoms with Gasteiger partial charge in [0.25, 0.3) is 5.56 Å². The monoisotopic (exact) mass is 356 g/mol. The summed E-state index contributed by atoms with van der Waals surface area (Å²) < 4.78 is 1.31. The Morgan fingerprint density at radius 3 is 3.04 bits per heavy atom. The van der Waals surface area contributed by atoms with Crippen molar-refractivity contribution < 1.29 is 0 Å².